The average molecular weight is 285 g/mol. The summed E-state index contributed by atoms with van der Waals surface area (Å²) in [7, 11) is 0. The Bertz CT molecular complexity index is 236. The molecule has 0 amide bonds. The van der Waals surface area contributed by atoms with Crippen molar-refractivity contribution >= 4 is 19.0 Å². The van der Waals surface area contributed by atoms with Gasteiger partial charge in [0.05, 0.1) is 0 Å². The Kier molecular flexibility index (Phi) is 8.08. The summed E-state index contributed by atoms with van der Waals surface area (Å²) in [5, 5.41) is 0. The van der Waals surface area contributed by atoms with Crippen LogP contribution in [0.25, 0.3) is 0 Å². The Labute approximate surface area is 104 Å². The van der Waals surface area contributed by atoms with E-state index in [0.29, 0.717) is 5.78 Å². The van der Waals surface area contributed by atoms with Gasteiger partial charge >= 0.3 is 104 Å². The molecule has 0 saturated carbocycles. The van der Waals surface area contributed by atoms with E-state index in [9.17, 15) is 4.79 Å². The molecular weight excluding hydrogens is 257 g/mol. The summed E-state index contributed by atoms with van der Waals surface area (Å²) in [6.45, 7) is 3.93. The normalized spacial score (nSPS) is 12.9. The molecule has 1 nitrogen and oxygen atoms in total. The molecule has 0 spiro atoms. The van der Waals surface area contributed by atoms with E-state index in [2.05, 4.69) is 30.3 Å². The molecule has 0 bridgehead atoms. The van der Waals surface area contributed by atoms with Gasteiger partial charge in [0.2, 0.25) is 0 Å². The first-order chi connectivity index (χ1) is 7.38. The van der Waals surface area contributed by atoms with Crippen molar-refractivity contribution in [3.8, 4) is 0 Å². The van der Waals surface area contributed by atoms with Crippen LogP contribution in [-0.4, -0.2) is 19.0 Å². The number of hydrogen-bond donors (Lipinski definition) is 0. The second-order valence-electron chi connectivity index (χ2n) is 5.68. The molecule has 0 unspecified atom stereocenters. The molecule has 16 heavy (non-hydrogen) atoms. The van der Waals surface area contributed by atoms with Crippen LogP contribution in [0, 0.1) is 0 Å². The minimum atomic E-state index is -1.65. The molecule has 0 radical (unpaired) electrons. The number of carbonyl (C=O) groups is 1. The molecule has 2 heteroatoms. The SMILES string of the molecule is CCCCC/[C](=C\CCC(C)=O)[Ge]([CH3])([CH3])[CH3]. The van der Waals surface area contributed by atoms with Crippen LogP contribution in [0.1, 0.15) is 52.4 Å². The van der Waals surface area contributed by atoms with E-state index in [0.717, 1.165) is 12.8 Å². The van der Waals surface area contributed by atoms with Crippen LogP contribution in [-0.2, 0) is 4.79 Å². The third kappa shape index (κ3) is 8.15. The van der Waals surface area contributed by atoms with Crippen molar-refractivity contribution in [1.29, 1.82) is 0 Å². The molecule has 0 fully saturated rings. The van der Waals surface area contributed by atoms with Crippen molar-refractivity contribution in [3.63, 3.8) is 0 Å². The second kappa shape index (κ2) is 8.10. The Morgan fingerprint density at radius 2 is 1.75 bits per heavy atom. The Balaban J connectivity index is 4.25. The molecule has 0 aliphatic rings. The number of carbonyl (C=O) groups excluding carboxylic acids is 1. The molecule has 0 rings (SSSR count). The molecular formula is C14H28GeO. The fourth-order valence-corrected chi connectivity index (χ4v) is 5.33. The van der Waals surface area contributed by atoms with Crippen LogP contribution in [0.4, 0.5) is 0 Å². The summed E-state index contributed by atoms with van der Waals surface area (Å²) in [5.74, 6) is 7.66. The van der Waals surface area contributed by atoms with Gasteiger partial charge in [-0.15, -0.1) is 0 Å². The zero-order valence-corrected chi connectivity index (χ0v) is 13.8. The zero-order chi connectivity index (χ0) is 12.6. The standard InChI is InChI=1S/C14H28GeO/c1-6-7-8-11-14(15(3,4)5)12-9-10-13(2)16/h12H,6-11H2,1-5H3/b14-12+. The van der Waals surface area contributed by atoms with Crippen LogP contribution >= 0.6 is 0 Å². The monoisotopic (exact) mass is 286 g/mol. The van der Waals surface area contributed by atoms with Crippen molar-refractivity contribution in [1.82, 2.24) is 0 Å². The van der Waals surface area contributed by atoms with Crippen molar-refractivity contribution in [2.45, 2.75) is 69.6 Å². The van der Waals surface area contributed by atoms with Gasteiger partial charge in [0.25, 0.3) is 0 Å². The molecule has 0 aromatic heterocycles. The number of Topliss-reactive ketones (excluding diaryl/α,β-unsaturated/α-hetero) is 1. The minimum absolute atomic E-state index is 0.311. The summed E-state index contributed by atoms with van der Waals surface area (Å²) in [5.41, 5.74) is 0. The summed E-state index contributed by atoms with van der Waals surface area (Å²) in [4.78, 5) is 10.9. The van der Waals surface area contributed by atoms with E-state index >= 15 is 0 Å². The van der Waals surface area contributed by atoms with E-state index in [-0.39, 0.29) is 0 Å². The maximum atomic E-state index is 10.9. The Hall–Kier alpha value is -0.0471. The Morgan fingerprint density at radius 1 is 1.12 bits per heavy atom. The predicted molar refractivity (Wildman–Crippen MR) is 75.5 cm³/mol. The first-order valence-electron chi connectivity index (χ1n) is 6.57. The maximum absolute atomic E-state index is 10.9. The third-order valence-electron chi connectivity index (χ3n) is 2.90. The molecule has 0 atom stereocenters. The number of hydrogen-bond acceptors (Lipinski definition) is 1. The first kappa shape index (κ1) is 16.0. The van der Waals surface area contributed by atoms with Gasteiger partial charge in [-0.05, 0) is 0 Å². The van der Waals surface area contributed by atoms with Gasteiger partial charge in [0.15, 0.2) is 0 Å². The van der Waals surface area contributed by atoms with E-state index in [1.165, 1.54) is 25.7 Å². The average Bonchev–Trinajstić information content (AvgIpc) is 2.13. The van der Waals surface area contributed by atoms with Gasteiger partial charge in [-0.3, -0.25) is 0 Å². The zero-order valence-electron chi connectivity index (χ0n) is 11.7. The summed E-state index contributed by atoms with van der Waals surface area (Å²) >= 11 is -1.65. The fourth-order valence-electron chi connectivity index (χ4n) is 1.80. The van der Waals surface area contributed by atoms with Crippen molar-refractivity contribution in [2.24, 2.45) is 0 Å². The van der Waals surface area contributed by atoms with Gasteiger partial charge in [-0.2, -0.15) is 0 Å². The van der Waals surface area contributed by atoms with E-state index in [1.807, 2.05) is 0 Å². The number of rotatable bonds is 8. The summed E-state index contributed by atoms with van der Waals surface area (Å²) in [6.07, 6.45) is 9.27. The topological polar surface area (TPSA) is 17.1 Å². The predicted octanol–water partition coefficient (Wildman–Crippen LogP) is 4.74. The van der Waals surface area contributed by atoms with Gasteiger partial charge in [-0.25, -0.2) is 0 Å². The first-order valence-corrected chi connectivity index (χ1v) is 13.9. The van der Waals surface area contributed by atoms with Crippen molar-refractivity contribution in [3.05, 3.63) is 10.5 Å². The molecule has 0 aromatic rings. The molecule has 0 aliphatic heterocycles. The molecule has 0 heterocycles. The van der Waals surface area contributed by atoms with Crippen molar-refractivity contribution < 1.29 is 4.79 Å². The third-order valence-corrected chi connectivity index (χ3v) is 7.90. The van der Waals surface area contributed by atoms with Gasteiger partial charge < -0.3 is 0 Å². The Morgan fingerprint density at radius 3 is 2.19 bits per heavy atom. The molecule has 0 N–H and O–H groups in total. The number of unbranched alkanes of at least 4 members (excludes halogenated alkanes) is 2. The second-order valence-corrected chi connectivity index (χ2v) is 16.5. The molecule has 0 saturated heterocycles. The quantitative estimate of drug-likeness (QED) is 0.465. The van der Waals surface area contributed by atoms with Crippen LogP contribution in [0.5, 0.6) is 0 Å². The molecule has 94 valence electrons. The van der Waals surface area contributed by atoms with Crippen LogP contribution in [0.2, 0.25) is 17.3 Å². The van der Waals surface area contributed by atoms with Crippen LogP contribution < -0.4 is 0 Å². The number of allylic oxidation sites excluding steroid dienone is 2. The number of ketones is 1. The van der Waals surface area contributed by atoms with Crippen molar-refractivity contribution in [2.75, 3.05) is 0 Å². The summed E-state index contributed by atoms with van der Waals surface area (Å²) in [6, 6.07) is 0. The van der Waals surface area contributed by atoms with E-state index in [4.69, 9.17) is 0 Å². The molecule has 0 aromatic carbocycles. The fraction of sp³-hybridized carbons (Fsp3) is 0.786. The van der Waals surface area contributed by atoms with Crippen LogP contribution in [0.15, 0.2) is 10.5 Å². The van der Waals surface area contributed by atoms with E-state index in [1.54, 1.807) is 11.3 Å². The van der Waals surface area contributed by atoms with Gasteiger partial charge in [0, 0.05) is 0 Å². The summed E-state index contributed by atoms with van der Waals surface area (Å²) < 4.78 is 1.70. The van der Waals surface area contributed by atoms with E-state index < -0.39 is 13.3 Å². The van der Waals surface area contributed by atoms with Crippen LogP contribution in [0.3, 0.4) is 0 Å². The van der Waals surface area contributed by atoms with Gasteiger partial charge in [0.1, 0.15) is 0 Å². The van der Waals surface area contributed by atoms with Gasteiger partial charge in [-0.1, -0.05) is 0 Å². The molecule has 0 aliphatic carbocycles.